The van der Waals surface area contributed by atoms with Crippen LogP contribution >= 0.6 is 0 Å². The van der Waals surface area contributed by atoms with Gasteiger partial charge in [0.2, 0.25) is 0 Å². The highest BCUT2D eigenvalue weighted by atomic mass is 14.6. The molecule has 0 saturated heterocycles. The summed E-state index contributed by atoms with van der Waals surface area (Å²) in [6.07, 6.45) is 2.33. The zero-order chi connectivity index (χ0) is 8.43. The topological polar surface area (TPSA) is 49.8 Å². The van der Waals surface area contributed by atoms with Gasteiger partial charge in [-0.2, -0.15) is 5.26 Å². The molecule has 58 valence electrons. The monoisotopic (exact) mass is 148 g/mol. The van der Waals surface area contributed by atoms with Gasteiger partial charge in [-0.1, -0.05) is 6.58 Å². The first kappa shape index (κ1) is 7.87. The second-order valence-corrected chi connectivity index (χ2v) is 2.97. The highest BCUT2D eigenvalue weighted by Crippen LogP contribution is 2.38. The van der Waals surface area contributed by atoms with Crippen molar-refractivity contribution in [3.63, 3.8) is 0 Å². The fourth-order valence-corrected chi connectivity index (χ4v) is 1.05. The number of nitrogens with zero attached hydrogens (tertiary/aromatic N) is 1. The summed E-state index contributed by atoms with van der Waals surface area (Å²) in [5.41, 5.74) is 7.61. The lowest BCUT2D eigenvalue weighted by molar-refractivity contribution is 1.02. The molecule has 1 aliphatic rings. The summed E-state index contributed by atoms with van der Waals surface area (Å²) in [4.78, 5) is 0. The summed E-state index contributed by atoms with van der Waals surface area (Å²) in [7, 11) is 0. The van der Waals surface area contributed by atoms with Gasteiger partial charge in [0.1, 0.15) is 6.07 Å². The molecule has 2 heteroatoms. The average Bonchev–Trinajstić information content (AvgIpc) is 2.68. The zero-order valence-electron chi connectivity index (χ0n) is 6.72. The molecule has 0 amide bonds. The molecule has 0 aliphatic heterocycles. The van der Waals surface area contributed by atoms with Gasteiger partial charge in [0.25, 0.3) is 0 Å². The highest BCUT2D eigenvalue weighted by Gasteiger charge is 2.27. The Balaban J connectivity index is 2.79. The minimum absolute atomic E-state index is 0.531. The summed E-state index contributed by atoms with van der Waals surface area (Å²) < 4.78 is 0. The van der Waals surface area contributed by atoms with Gasteiger partial charge in [-0.25, -0.2) is 0 Å². The molecule has 0 aromatic rings. The van der Waals surface area contributed by atoms with Crippen LogP contribution < -0.4 is 5.73 Å². The predicted octanol–water partition coefficient (Wildman–Crippen LogP) is 1.71. The van der Waals surface area contributed by atoms with Crippen molar-refractivity contribution in [1.82, 2.24) is 0 Å². The van der Waals surface area contributed by atoms with Crippen molar-refractivity contribution < 1.29 is 0 Å². The van der Waals surface area contributed by atoms with Crippen LogP contribution in [0, 0.1) is 17.2 Å². The van der Waals surface area contributed by atoms with Gasteiger partial charge in [-0.15, -0.1) is 0 Å². The van der Waals surface area contributed by atoms with Crippen molar-refractivity contribution in [2.24, 2.45) is 11.7 Å². The van der Waals surface area contributed by atoms with Crippen molar-refractivity contribution in [2.45, 2.75) is 19.8 Å². The van der Waals surface area contributed by atoms with Crippen molar-refractivity contribution >= 4 is 0 Å². The molecular weight excluding hydrogens is 136 g/mol. The Morgan fingerprint density at radius 2 is 2.18 bits per heavy atom. The van der Waals surface area contributed by atoms with Gasteiger partial charge in [-0.05, 0) is 31.3 Å². The van der Waals surface area contributed by atoms with E-state index < -0.39 is 0 Å². The summed E-state index contributed by atoms with van der Waals surface area (Å²) in [5, 5.41) is 8.69. The Hall–Kier alpha value is -1.23. The lowest BCUT2D eigenvalue weighted by Gasteiger charge is -2.02. The fourth-order valence-electron chi connectivity index (χ4n) is 1.05. The molecule has 1 fully saturated rings. The third-order valence-electron chi connectivity index (χ3n) is 1.90. The lowest BCUT2D eigenvalue weighted by atomic mass is 10.0. The maximum atomic E-state index is 8.69. The molecule has 1 aliphatic carbocycles. The van der Waals surface area contributed by atoms with Crippen LogP contribution in [0.3, 0.4) is 0 Å². The largest absolute Gasteiger partial charge is 0.401 e. The molecule has 2 nitrogen and oxygen atoms in total. The second kappa shape index (κ2) is 2.79. The summed E-state index contributed by atoms with van der Waals surface area (Å²) in [5.74, 6) is 0.531. The first-order valence-electron chi connectivity index (χ1n) is 3.72. The van der Waals surface area contributed by atoms with E-state index in [1.807, 2.05) is 0 Å². The van der Waals surface area contributed by atoms with Gasteiger partial charge in [-0.3, -0.25) is 0 Å². The maximum Gasteiger partial charge on any atom is 0.101 e. The van der Waals surface area contributed by atoms with Crippen LogP contribution in [-0.2, 0) is 0 Å². The number of allylic oxidation sites excluding steroid dienone is 3. The Kier molecular flexibility index (Phi) is 2.00. The molecule has 0 bridgehead atoms. The molecule has 0 unspecified atom stereocenters. The number of nitriles is 1. The Morgan fingerprint density at radius 3 is 2.45 bits per heavy atom. The molecular formula is C9H12N2. The molecule has 1 rings (SSSR count). The Labute approximate surface area is 67.0 Å². The standard InChI is InChI=1S/C9H12N2/c1-6(8-3-4-8)9(5-10)7(2)11/h8H,1,3-4,11H2,2H3/b9-7-. The number of nitrogens with two attached hydrogens (primary N) is 1. The van der Waals surface area contributed by atoms with E-state index in [4.69, 9.17) is 11.0 Å². The van der Waals surface area contributed by atoms with Crippen molar-refractivity contribution in [3.05, 3.63) is 23.4 Å². The van der Waals surface area contributed by atoms with E-state index in [1.165, 1.54) is 0 Å². The number of rotatable bonds is 2. The van der Waals surface area contributed by atoms with Gasteiger partial charge in [0.15, 0.2) is 0 Å². The quantitative estimate of drug-likeness (QED) is 0.478. The molecule has 0 heterocycles. The van der Waals surface area contributed by atoms with Gasteiger partial charge in [0.05, 0.1) is 5.57 Å². The zero-order valence-corrected chi connectivity index (χ0v) is 6.72. The van der Waals surface area contributed by atoms with Crippen LogP contribution in [0.4, 0.5) is 0 Å². The first-order chi connectivity index (χ1) is 5.16. The Morgan fingerprint density at radius 1 is 1.64 bits per heavy atom. The number of hydrogen-bond donors (Lipinski definition) is 1. The van der Waals surface area contributed by atoms with E-state index in [9.17, 15) is 0 Å². The molecule has 2 N–H and O–H groups in total. The van der Waals surface area contributed by atoms with E-state index in [2.05, 4.69) is 12.6 Å². The molecule has 11 heavy (non-hydrogen) atoms. The van der Waals surface area contributed by atoms with Gasteiger partial charge < -0.3 is 5.73 Å². The van der Waals surface area contributed by atoms with E-state index in [0.29, 0.717) is 17.2 Å². The summed E-state index contributed by atoms with van der Waals surface area (Å²) in [6, 6.07) is 2.08. The minimum atomic E-state index is 0.531. The van der Waals surface area contributed by atoms with Gasteiger partial charge >= 0.3 is 0 Å². The smallest absolute Gasteiger partial charge is 0.101 e. The third-order valence-corrected chi connectivity index (χ3v) is 1.90. The van der Waals surface area contributed by atoms with Crippen LogP contribution in [-0.4, -0.2) is 0 Å². The maximum absolute atomic E-state index is 8.69. The Bertz CT molecular complexity index is 247. The summed E-state index contributed by atoms with van der Waals surface area (Å²) >= 11 is 0. The lowest BCUT2D eigenvalue weighted by Crippen LogP contribution is -1.99. The molecule has 0 aromatic carbocycles. The van der Waals surface area contributed by atoms with Crippen molar-refractivity contribution in [3.8, 4) is 6.07 Å². The molecule has 0 aromatic heterocycles. The molecule has 0 radical (unpaired) electrons. The summed E-state index contributed by atoms with van der Waals surface area (Å²) in [6.45, 7) is 5.59. The minimum Gasteiger partial charge on any atom is -0.401 e. The molecule has 1 saturated carbocycles. The van der Waals surface area contributed by atoms with Crippen molar-refractivity contribution in [2.75, 3.05) is 0 Å². The highest BCUT2D eigenvalue weighted by molar-refractivity contribution is 5.45. The van der Waals surface area contributed by atoms with Crippen LogP contribution in [0.25, 0.3) is 0 Å². The third kappa shape index (κ3) is 1.62. The predicted molar refractivity (Wildman–Crippen MR) is 44.4 cm³/mol. The fraction of sp³-hybridized carbons (Fsp3) is 0.444. The molecule has 0 spiro atoms. The van der Waals surface area contributed by atoms with Gasteiger partial charge in [0, 0.05) is 5.70 Å². The average molecular weight is 148 g/mol. The van der Waals surface area contributed by atoms with Crippen molar-refractivity contribution in [1.29, 1.82) is 5.26 Å². The van der Waals surface area contributed by atoms with Crippen LogP contribution in [0.1, 0.15) is 19.8 Å². The number of hydrogen-bond acceptors (Lipinski definition) is 2. The molecule has 0 atom stereocenters. The normalized spacial score (nSPS) is 18.5. The first-order valence-corrected chi connectivity index (χ1v) is 3.72. The second-order valence-electron chi connectivity index (χ2n) is 2.97. The van der Waals surface area contributed by atoms with E-state index in [-0.39, 0.29) is 0 Å². The van der Waals surface area contributed by atoms with Crippen LogP contribution in [0.15, 0.2) is 23.4 Å². The van der Waals surface area contributed by atoms with E-state index in [1.54, 1.807) is 6.92 Å². The SMILES string of the molecule is C=C(/C(C#N)=C(/C)N)C1CC1. The van der Waals surface area contributed by atoms with E-state index >= 15 is 0 Å². The van der Waals surface area contributed by atoms with Crippen LogP contribution in [0.5, 0.6) is 0 Å². The van der Waals surface area contributed by atoms with Crippen LogP contribution in [0.2, 0.25) is 0 Å². The van der Waals surface area contributed by atoms with E-state index in [0.717, 1.165) is 18.4 Å².